The molecule has 0 aromatic heterocycles. The number of carbonyl (C=O) groups is 2. The number of benzene rings is 1. The smallest absolute Gasteiger partial charge is 0.352 e. The lowest BCUT2D eigenvalue weighted by molar-refractivity contribution is -0.299. The molecule has 1 aromatic carbocycles. The Hall–Kier alpha value is -1.84. The second-order valence-electron chi connectivity index (χ2n) is 6.83. The van der Waals surface area contributed by atoms with Gasteiger partial charge in [0.25, 0.3) is 0 Å². The van der Waals surface area contributed by atoms with Gasteiger partial charge < -0.3 is 9.47 Å². The number of methoxy groups -OCH3 is 1. The molecule has 0 N–H and O–H groups in total. The lowest BCUT2D eigenvalue weighted by atomic mass is 9.39. The number of fused-ring (bicyclic) bond motifs is 1. The number of esters is 2. The highest BCUT2D eigenvalue weighted by atomic mass is 16.6. The first kappa shape index (κ1) is 11.8. The van der Waals surface area contributed by atoms with Crippen molar-refractivity contribution in [3.63, 3.8) is 0 Å². The molecule has 2 bridgehead atoms. The van der Waals surface area contributed by atoms with E-state index in [0.29, 0.717) is 11.8 Å². The van der Waals surface area contributed by atoms with Crippen molar-refractivity contribution in [2.45, 2.75) is 23.9 Å². The zero-order valence-corrected chi connectivity index (χ0v) is 11.7. The van der Waals surface area contributed by atoms with Gasteiger partial charge in [0.1, 0.15) is 5.41 Å². The van der Waals surface area contributed by atoms with E-state index >= 15 is 0 Å². The van der Waals surface area contributed by atoms with Gasteiger partial charge in [-0.05, 0) is 36.2 Å². The van der Waals surface area contributed by atoms with E-state index in [2.05, 4.69) is 0 Å². The number of hydrogen-bond donors (Lipinski definition) is 0. The van der Waals surface area contributed by atoms with E-state index in [4.69, 9.17) is 9.47 Å². The summed E-state index contributed by atoms with van der Waals surface area (Å²) in [6.07, 6.45) is 2.25. The van der Waals surface area contributed by atoms with Gasteiger partial charge in [-0.25, -0.2) is 4.79 Å². The van der Waals surface area contributed by atoms with Gasteiger partial charge in [-0.3, -0.25) is 4.79 Å². The van der Waals surface area contributed by atoms with Gasteiger partial charge in [-0.1, -0.05) is 30.3 Å². The molecule has 6 rings (SSSR count). The van der Waals surface area contributed by atoms with Crippen LogP contribution in [0.3, 0.4) is 0 Å². The molecule has 4 atom stereocenters. The SMILES string of the molecule is COC(=O)[C@]12OC(=O)[C@@]1(c1ccccc1)[C@@H]1C3CC(C3)[C@@H]12. The predicted octanol–water partition coefficient (Wildman–Crippen LogP) is 1.68. The average Bonchev–Trinajstić information content (AvgIpc) is 2.96. The van der Waals surface area contributed by atoms with Gasteiger partial charge in [0, 0.05) is 5.92 Å². The first-order valence-corrected chi connectivity index (χ1v) is 7.55. The Labute approximate surface area is 122 Å². The molecule has 1 heterocycles. The van der Waals surface area contributed by atoms with E-state index < -0.39 is 11.0 Å². The van der Waals surface area contributed by atoms with Crippen molar-refractivity contribution in [1.29, 1.82) is 0 Å². The van der Waals surface area contributed by atoms with Crippen LogP contribution in [0.4, 0.5) is 0 Å². The highest BCUT2D eigenvalue weighted by Gasteiger charge is 2.94. The van der Waals surface area contributed by atoms with E-state index in [0.717, 1.165) is 18.4 Å². The Balaban J connectivity index is 1.74. The summed E-state index contributed by atoms with van der Waals surface area (Å²) < 4.78 is 10.6. The highest BCUT2D eigenvalue weighted by molar-refractivity contribution is 6.06. The fourth-order valence-electron chi connectivity index (χ4n) is 5.84. The molecule has 0 amide bonds. The van der Waals surface area contributed by atoms with E-state index in [1.807, 2.05) is 30.3 Å². The Morgan fingerprint density at radius 1 is 1.19 bits per heavy atom. The number of rotatable bonds is 2. The summed E-state index contributed by atoms with van der Waals surface area (Å²) in [5, 5.41) is 0. The van der Waals surface area contributed by atoms with Crippen molar-refractivity contribution in [2.75, 3.05) is 7.11 Å². The Kier molecular flexibility index (Phi) is 1.86. The summed E-state index contributed by atoms with van der Waals surface area (Å²) in [6, 6.07) is 9.66. The normalized spacial score (nSPS) is 48.0. The lowest BCUT2D eigenvalue weighted by Gasteiger charge is -2.69. The largest absolute Gasteiger partial charge is 0.466 e. The maximum absolute atomic E-state index is 12.5. The third kappa shape index (κ3) is 0.911. The molecular formula is C17H16O4. The monoisotopic (exact) mass is 284 g/mol. The first-order chi connectivity index (χ1) is 10.2. The van der Waals surface area contributed by atoms with Crippen LogP contribution in [-0.4, -0.2) is 24.6 Å². The van der Waals surface area contributed by atoms with Gasteiger partial charge in [0.2, 0.25) is 5.60 Å². The third-order valence-electron chi connectivity index (χ3n) is 6.46. The molecule has 4 heteroatoms. The molecule has 4 nitrogen and oxygen atoms in total. The van der Waals surface area contributed by atoms with E-state index in [1.54, 1.807) is 0 Å². The first-order valence-electron chi connectivity index (χ1n) is 7.55. The average molecular weight is 284 g/mol. The third-order valence-corrected chi connectivity index (χ3v) is 6.46. The van der Waals surface area contributed by atoms with Crippen molar-refractivity contribution in [3.8, 4) is 0 Å². The molecule has 0 unspecified atom stereocenters. The van der Waals surface area contributed by atoms with Gasteiger partial charge in [0.15, 0.2) is 0 Å². The summed E-state index contributed by atoms with van der Waals surface area (Å²) in [6.45, 7) is 0. The number of carbonyl (C=O) groups excluding carboxylic acids is 2. The molecule has 1 saturated heterocycles. The molecule has 5 aliphatic rings. The summed E-state index contributed by atoms with van der Waals surface area (Å²) in [4.78, 5) is 25.0. The van der Waals surface area contributed by atoms with Gasteiger partial charge >= 0.3 is 11.9 Å². The van der Waals surface area contributed by atoms with Crippen LogP contribution in [0.5, 0.6) is 0 Å². The fourth-order valence-corrected chi connectivity index (χ4v) is 5.84. The molecule has 21 heavy (non-hydrogen) atoms. The quantitative estimate of drug-likeness (QED) is 0.775. The van der Waals surface area contributed by atoms with E-state index in [9.17, 15) is 9.59 Å². The van der Waals surface area contributed by atoms with Crippen molar-refractivity contribution in [2.24, 2.45) is 23.7 Å². The van der Waals surface area contributed by atoms with E-state index in [-0.39, 0.29) is 23.8 Å². The molecule has 4 aliphatic carbocycles. The minimum Gasteiger partial charge on any atom is -0.466 e. The van der Waals surface area contributed by atoms with Crippen LogP contribution in [-0.2, 0) is 24.5 Å². The zero-order chi connectivity index (χ0) is 14.4. The Bertz CT molecular complexity index is 663. The van der Waals surface area contributed by atoms with Crippen molar-refractivity contribution in [1.82, 2.24) is 0 Å². The second kappa shape index (κ2) is 3.32. The van der Waals surface area contributed by atoms with E-state index in [1.165, 1.54) is 7.11 Å². The van der Waals surface area contributed by atoms with Crippen LogP contribution in [0.2, 0.25) is 0 Å². The van der Waals surface area contributed by atoms with Gasteiger partial charge in [-0.15, -0.1) is 0 Å². The summed E-state index contributed by atoms with van der Waals surface area (Å²) in [5.74, 6) is 0.876. The standard InChI is InChI=1S/C17H16O4/c1-20-15(19)17-13-10-7-9(8-10)12(13)16(17,14(18)21-17)11-5-3-2-4-6-11/h2-6,9-10,12-13H,7-8H2,1H3/t9?,10?,12-,13+,16-,17+/m1/s1. The van der Waals surface area contributed by atoms with Crippen molar-refractivity contribution in [3.05, 3.63) is 35.9 Å². The van der Waals surface area contributed by atoms with Crippen LogP contribution in [0.25, 0.3) is 0 Å². The molecule has 0 spiro atoms. The summed E-state index contributed by atoms with van der Waals surface area (Å²) in [5.41, 5.74) is -0.927. The molecule has 5 fully saturated rings. The topological polar surface area (TPSA) is 52.6 Å². The maximum atomic E-state index is 12.5. The van der Waals surface area contributed by atoms with Crippen LogP contribution < -0.4 is 0 Å². The molecule has 4 saturated carbocycles. The summed E-state index contributed by atoms with van der Waals surface area (Å²) in [7, 11) is 1.38. The molecule has 1 aromatic rings. The van der Waals surface area contributed by atoms with Gasteiger partial charge in [0.05, 0.1) is 7.11 Å². The van der Waals surface area contributed by atoms with Crippen LogP contribution in [0, 0.1) is 23.7 Å². The zero-order valence-electron chi connectivity index (χ0n) is 11.7. The van der Waals surface area contributed by atoms with Gasteiger partial charge in [-0.2, -0.15) is 0 Å². The Morgan fingerprint density at radius 2 is 1.86 bits per heavy atom. The van der Waals surface area contributed by atoms with Crippen LogP contribution >= 0.6 is 0 Å². The number of ether oxygens (including phenoxy) is 2. The van der Waals surface area contributed by atoms with Crippen LogP contribution in [0.15, 0.2) is 30.3 Å². The molecule has 108 valence electrons. The maximum Gasteiger partial charge on any atom is 0.352 e. The highest BCUT2D eigenvalue weighted by Crippen LogP contribution is 2.81. The lowest BCUT2D eigenvalue weighted by Crippen LogP contribution is -2.88. The Morgan fingerprint density at radius 3 is 2.48 bits per heavy atom. The van der Waals surface area contributed by atoms with Crippen molar-refractivity contribution < 1.29 is 19.1 Å². The second-order valence-corrected chi connectivity index (χ2v) is 6.83. The number of hydrogen-bond acceptors (Lipinski definition) is 4. The van der Waals surface area contributed by atoms with Crippen molar-refractivity contribution >= 4 is 11.9 Å². The summed E-state index contributed by atoms with van der Waals surface area (Å²) >= 11 is 0. The predicted molar refractivity (Wildman–Crippen MR) is 72.2 cm³/mol. The molecular weight excluding hydrogens is 268 g/mol. The molecule has 1 aliphatic heterocycles. The minimum absolute atomic E-state index is 0.160. The van der Waals surface area contributed by atoms with Crippen LogP contribution in [0.1, 0.15) is 18.4 Å². The molecule has 0 radical (unpaired) electrons. The fraction of sp³-hybridized carbons (Fsp3) is 0.529. The minimum atomic E-state index is -1.05.